The number of benzene rings is 1. The van der Waals surface area contributed by atoms with Crippen molar-refractivity contribution in [3.63, 3.8) is 0 Å². The molecule has 1 aliphatic rings. The number of carbonyl (C=O) groups is 1. The molecule has 1 fully saturated rings. The van der Waals surface area contributed by atoms with E-state index < -0.39 is 6.10 Å². The van der Waals surface area contributed by atoms with Crippen LogP contribution in [0.15, 0.2) is 61.1 Å². The van der Waals surface area contributed by atoms with Gasteiger partial charge in [0.15, 0.2) is 0 Å². The number of morpholine rings is 1. The first-order chi connectivity index (χ1) is 16.2. The van der Waals surface area contributed by atoms with Gasteiger partial charge in [-0.1, -0.05) is 6.07 Å². The summed E-state index contributed by atoms with van der Waals surface area (Å²) in [5.41, 5.74) is 2.55. The van der Waals surface area contributed by atoms with Gasteiger partial charge < -0.3 is 24.8 Å². The van der Waals surface area contributed by atoms with Crippen molar-refractivity contribution in [2.75, 3.05) is 46.0 Å². The van der Waals surface area contributed by atoms with Crippen LogP contribution in [0, 0.1) is 0 Å². The number of amides is 1. The average Bonchev–Trinajstić information content (AvgIpc) is 3.33. The molecule has 0 saturated carbocycles. The molecule has 0 spiro atoms. The van der Waals surface area contributed by atoms with Crippen molar-refractivity contribution in [1.29, 1.82) is 0 Å². The van der Waals surface area contributed by atoms with E-state index in [1.54, 1.807) is 23.1 Å². The first kappa shape index (κ1) is 22.9. The van der Waals surface area contributed by atoms with Crippen LogP contribution in [0.25, 0.3) is 11.3 Å². The maximum absolute atomic E-state index is 12.4. The number of aliphatic hydroxyl groups excluding tert-OH is 1. The number of rotatable bonds is 10. The van der Waals surface area contributed by atoms with Crippen molar-refractivity contribution in [3.8, 4) is 17.0 Å². The van der Waals surface area contributed by atoms with E-state index in [0.717, 1.165) is 22.6 Å². The molecular formula is C24H29N5O4. The third-order valence-corrected chi connectivity index (χ3v) is 5.41. The van der Waals surface area contributed by atoms with Crippen LogP contribution in [0.2, 0.25) is 0 Å². The number of pyridine rings is 1. The number of ether oxygens (including phenoxy) is 2. The molecule has 4 rings (SSSR count). The third kappa shape index (κ3) is 6.61. The lowest BCUT2D eigenvalue weighted by Crippen LogP contribution is -2.42. The number of carbonyl (C=O) groups excluding carboxylic acids is 1. The molecule has 0 radical (unpaired) electrons. The summed E-state index contributed by atoms with van der Waals surface area (Å²) in [5, 5.41) is 17.8. The van der Waals surface area contributed by atoms with Crippen LogP contribution in [-0.4, -0.2) is 76.7 Å². The zero-order valence-electron chi connectivity index (χ0n) is 18.5. The Kier molecular flexibility index (Phi) is 8.02. The maximum atomic E-state index is 12.4. The maximum Gasteiger partial charge on any atom is 0.244 e. The van der Waals surface area contributed by atoms with E-state index in [4.69, 9.17) is 9.47 Å². The van der Waals surface area contributed by atoms with Gasteiger partial charge in [-0.15, -0.1) is 0 Å². The molecule has 3 heterocycles. The number of nitrogens with one attached hydrogen (secondary N) is 1. The Morgan fingerprint density at radius 3 is 2.76 bits per heavy atom. The lowest BCUT2D eigenvalue weighted by Gasteiger charge is -2.26. The summed E-state index contributed by atoms with van der Waals surface area (Å²) in [7, 11) is 0. The minimum absolute atomic E-state index is 0.0539. The fourth-order valence-corrected chi connectivity index (χ4v) is 3.55. The lowest BCUT2D eigenvalue weighted by molar-refractivity contribution is -0.136. The van der Waals surface area contributed by atoms with E-state index in [1.807, 2.05) is 47.5 Å². The monoisotopic (exact) mass is 451 g/mol. The number of aromatic nitrogens is 3. The molecule has 0 unspecified atom stereocenters. The second-order valence-electron chi connectivity index (χ2n) is 7.77. The molecule has 174 valence electrons. The van der Waals surface area contributed by atoms with Gasteiger partial charge in [-0.25, -0.2) is 0 Å². The van der Waals surface area contributed by atoms with Gasteiger partial charge in [-0.05, 0) is 36.4 Å². The van der Waals surface area contributed by atoms with E-state index in [1.165, 1.54) is 0 Å². The number of aliphatic hydroxyl groups is 1. The molecule has 33 heavy (non-hydrogen) atoms. The standard InChI is InChI=1S/C24H29N5O4/c30-23(20-2-1-8-25-16-20)17-26-9-13-33-21-5-3-19(4-6-21)22-7-10-29(27-22)18-24(31)28-11-14-32-15-12-28/h1-8,10,16,23,26,30H,9,11-15,17-18H2/t23-/m1/s1. The molecule has 0 aliphatic carbocycles. The Labute approximate surface area is 193 Å². The number of hydrogen-bond acceptors (Lipinski definition) is 7. The molecule has 1 atom stereocenters. The van der Waals surface area contributed by atoms with Gasteiger partial charge in [0, 0.05) is 55.9 Å². The van der Waals surface area contributed by atoms with Crippen molar-refractivity contribution in [3.05, 3.63) is 66.6 Å². The molecule has 1 amide bonds. The van der Waals surface area contributed by atoms with Gasteiger partial charge >= 0.3 is 0 Å². The molecule has 9 nitrogen and oxygen atoms in total. The predicted octanol–water partition coefficient (Wildman–Crippen LogP) is 1.51. The van der Waals surface area contributed by atoms with Gasteiger partial charge in [0.2, 0.25) is 5.91 Å². The van der Waals surface area contributed by atoms with E-state index in [-0.39, 0.29) is 12.5 Å². The molecule has 1 aliphatic heterocycles. The van der Waals surface area contributed by atoms with Crippen LogP contribution in [0.4, 0.5) is 0 Å². The quantitative estimate of drug-likeness (QED) is 0.451. The molecule has 9 heteroatoms. The minimum Gasteiger partial charge on any atom is -0.492 e. The van der Waals surface area contributed by atoms with Crippen molar-refractivity contribution >= 4 is 5.91 Å². The average molecular weight is 452 g/mol. The SMILES string of the molecule is O=C(Cn1ccc(-c2ccc(OCCNC[C@@H](O)c3cccnc3)cc2)n1)N1CCOCC1. The lowest BCUT2D eigenvalue weighted by atomic mass is 10.1. The second kappa shape index (κ2) is 11.6. The first-order valence-corrected chi connectivity index (χ1v) is 11.1. The summed E-state index contributed by atoms with van der Waals surface area (Å²) in [6.45, 7) is 4.21. The fraction of sp³-hybridized carbons (Fsp3) is 0.375. The van der Waals surface area contributed by atoms with Gasteiger partial charge in [-0.2, -0.15) is 5.10 Å². The molecule has 2 N–H and O–H groups in total. The Hall–Kier alpha value is -3.27. The van der Waals surface area contributed by atoms with Crippen LogP contribution in [0.3, 0.4) is 0 Å². The Balaban J connectivity index is 1.19. The van der Waals surface area contributed by atoms with Crippen LogP contribution < -0.4 is 10.1 Å². The predicted molar refractivity (Wildman–Crippen MR) is 123 cm³/mol. The summed E-state index contributed by atoms with van der Waals surface area (Å²) >= 11 is 0. The third-order valence-electron chi connectivity index (χ3n) is 5.41. The molecule has 1 saturated heterocycles. The van der Waals surface area contributed by atoms with Gasteiger partial charge in [0.1, 0.15) is 18.9 Å². The smallest absolute Gasteiger partial charge is 0.244 e. The molecule has 2 aromatic heterocycles. The van der Waals surface area contributed by atoms with E-state index in [0.29, 0.717) is 46.0 Å². The Morgan fingerprint density at radius 2 is 2.00 bits per heavy atom. The van der Waals surface area contributed by atoms with Crippen molar-refractivity contribution in [2.45, 2.75) is 12.6 Å². The summed E-state index contributed by atoms with van der Waals surface area (Å²) in [4.78, 5) is 18.2. The summed E-state index contributed by atoms with van der Waals surface area (Å²) in [6.07, 6.45) is 4.57. The van der Waals surface area contributed by atoms with E-state index in [2.05, 4.69) is 15.4 Å². The normalized spacial score (nSPS) is 14.8. The van der Waals surface area contributed by atoms with Gasteiger partial charge in [0.05, 0.1) is 25.0 Å². The van der Waals surface area contributed by atoms with Gasteiger partial charge in [0.25, 0.3) is 0 Å². The van der Waals surface area contributed by atoms with Gasteiger partial charge in [-0.3, -0.25) is 14.5 Å². The molecule has 1 aromatic carbocycles. The largest absolute Gasteiger partial charge is 0.492 e. The Morgan fingerprint density at radius 1 is 1.18 bits per heavy atom. The summed E-state index contributed by atoms with van der Waals surface area (Å²) in [6, 6.07) is 13.3. The topological polar surface area (TPSA) is 102 Å². The van der Waals surface area contributed by atoms with Crippen LogP contribution in [0.1, 0.15) is 11.7 Å². The van der Waals surface area contributed by atoms with Crippen molar-refractivity contribution < 1.29 is 19.4 Å². The van der Waals surface area contributed by atoms with Crippen LogP contribution >= 0.6 is 0 Å². The van der Waals surface area contributed by atoms with E-state index in [9.17, 15) is 9.90 Å². The minimum atomic E-state index is -0.595. The highest BCUT2D eigenvalue weighted by Crippen LogP contribution is 2.21. The van der Waals surface area contributed by atoms with Crippen molar-refractivity contribution in [2.24, 2.45) is 0 Å². The first-order valence-electron chi connectivity index (χ1n) is 11.1. The van der Waals surface area contributed by atoms with Crippen LogP contribution in [0.5, 0.6) is 5.75 Å². The van der Waals surface area contributed by atoms with Crippen LogP contribution in [-0.2, 0) is 16.1 Å². The summed E-state index contributed by atoms with van der Waals surface area (Å²) in [5.74, 6) is 0.813. The Bertz CT molecular complexity index is 1000. The summed E-state index contributed by atoms with van der Waals surface area (Å²) < 4.78 is 12.7. The number of nitrogens with zero attached hydrogens (tertiary/aromatic N) is 4. The molecule has 0 bridgehead atoms. The molecular weight excluding hydrogens is 422 g/mol. The van der Waals surface area contributed by atoms with Crippen molar-refractivity contribution in [1.82, 2.24) is 25.0 Å². The zero-order chi connectivity index (χ0) is 22.9. The highest BCUT2D eigenvalue weighted by atomic mass is 16.5. The highest BCUT2D eigenvalue weighted by Gasteiger charge is 2.17. The highest BCUT2D eigenvalue weighted by molar-refractivity contribution is 5.76. The van der Waals surface area contributed by atoms with E-state index >= 15 is 0 Å². The second-order valence-corrected chi connectivity index (χ2v) is 7.77. The zero-order valence-corrected chi connectivity index (χ0v) is 18.5. The molecule has 3 aromatic rings. The fourth-order valence-electron chi connectivity index (χ4n) is 3.55. The number of hydrogen-bond donors (Lipinski definition) is 2.